The van der Waals surface area contributed by atoms with Gasteiger partial charge in [0.2, 0.25) is 6.23 Å². The van der Waals surface area contributed by atoms with Gasteiger partial charge in [-0.05, 0) is 6.07 Å². The number of aliphatic hydroxyl groups is 2. The summed E-state index contributed by atoms with van der Waals surface area (Å²) in [7, 11) is -3.29. The zero-order valence-corrected chi connectivity index (χ0v) is 15.8. The number of aliphatic carboxylic acids is 1. The predicted molar refractivity (Wildman–Crippen MR) is 92.0 cm³/mol. The molecule has 156 valence electrons. The maximum Gasteiger partial charge on any atom is 0.398 e. The van der Waals surface area contributed by atoms with Gasteiger partial charge in [0.25, 0.3) is 0 Å². The van der Waals surface area contributed by atoms with Crippen LogP contribution in [0.1, 0.15) is 24.4 Å². The lowest BCUT2D eigenvalue weighted by atomic mass is 9.95. The lowest BCUT2D eigenvalue weighted by Gasteiger charge is -2.49. The number of hydrogen-bond donors (Lipinski definition) is 4. The van der Waals surface area contributed by atoms with Gasteiger partial charge in [-0.1, -0.05) is 6.07 Å². The Morgan fingerprint density at radius 2 is 2.07 bits per heavy atom. The van der Waals surface area contributed by atoms with Gasteiger partial charge in [-0.2, -0.15) is 8.42 Å². The van der Waals surface area contributed by atoms with E-state index in [2.05, 4.69) is 9.17 Å². The molecule has 0 bridgehead atoms. The molecule has 0 amide bonds. The van der Waals surface area contributed by atoms with Gasteiger partial charge in [-0.25, -0.2) is 8.98 Å². The minimum atomic E-state index is -5.01. The van der Waals surface area contributed by atoms with Crippen molar-refractivity contribution in [2.75, 3.05) is 13.6 Å². The average Bonchev–Trinajstić information content (AvgIpc) is 3.01. The Kier molecular flexibility index (Phi) is 5.74. The van der Waals surface area contributed by atoms with Gasteiger partial charge < -0.3 is 20.1 Å². The zero-order valence-electron chi connectivity index (χ0n) is 15.0. The minimum absolute atomic E-state index is 0.0144. The van der Waals surface area contributed by atoms with Crippen LogP contribution < -0.4 is 0 Å². The van der Waals surface area contributed by atoms with Crippen molar-refractivity contribution in [2.45, 2.75) is 49.5 Å². The molecular weight excluding hydrogens is 396 g/mol. The second kappa shape index (κ2) is 7.63. The SMILES string of the molecule is C[N+]1(C2OC(C(=O)O)C(O)C(O)C2OS(=O)(=O)O)CCCC1c1cccnc1. The maximum atomic E-state index is 11.5. The molecule has 3 heterocycles. The van der Waals surface area contributed by atoms with Crippen LogP contribution in [0, 0.1) is 0 Å². The average molecular weight is 419 g/mol. The highest BCUT2D eigenvalue weighted by molar-refractivity contribution is 7.80. The molecule has 4 N–H and O–H groups in total. The van der Waals surface area contributed by atoms with E-state index >= 15 is 0 Å². The summed E-state index contributed by atoms with van der Waals surface area (Å²) in [5.74, 6) is -1.51. The fourth-order valence-electron chi connectivity index (χ4n) is 4.24. The van der Waals surface area contributed by atoms with Crippen LogP contribution in [0.3, 0.4) is 0 Å². The van der Waals surface area contributed by atoms with Crippen molar-refractivity contribution in [3.63, 3.8) is 0 Å². The first-order chi connectivity index (χ1) is 13.0. The molecule has 7 atom stereocenters. The molecule has 0 radical (unpaired) electrons. The van der Waals surface area contributed by atoms with Gasteiger partial charge in [0.15, 0.2) is 12.2 Å². The Hall–Kier alpha value is -1.67. The molecule has 0 saturated carbocycles. The smallest absolute Gasteiger partial charge is 0.398 e. The molecule has 3 rings (SSSR count). The number of aliphatic hydroxyl groups excluding tert-OH is 2. The van der Waals surface area contributed by atoms with Crippen molar-refractivity contribution in [3.8, 4) is 0 Å². The largest absolute Gasteiger partial charge is 0.479 e. The molecule has 0 aliphatic carbocycles. The first-order valence-electron chi connectivity index (χ1n) is 8.69. The predicted octanol–water partition coefficient (Wildman–Crippen LogP) is -0.918. The van der Waals surface area contributed by atoms with Gasteiger partial charge in [0, 0.05) is 30.8 Å². The molecule has 0 aromatic carbocycles. The number of likely N-dealkylation sites (N-methyl/N-ethyl adjacent to an activating group) is 1. The lowest BCUT2D eigenvalue weighted by molar-refractivity contribution is -0.976. The van der Waals surface area contributed by atoms with E-state index in [-0.39, 0.29) is 10.5 Å². The highest BCUT2D eigenvalue weighted by atomic mass is 32.3. The van der Waals surface area contributed by atoms with Crippen molar-refractivity contribution in [3.05, 3.63) is 30.1 Å². The van der Waals surface area contributed by atoms with Crippen LogP contribution in [0.15, 0.2) is 24.5 Å². The number of quaternary nitrogens is 1. The van der Waals surface area contributed by atoms with Gasteiger partial charge in [0.1, 0.15) is 18.2 Å². The first-order valence-corrected chi connectivity index (χ1v) is 10.1. The number of ether oxygens (including phenoxy) is 1. The summed E-state index contributed by atoms with van der Waals surface area (Å²) in [4.78, 5) is 15.6. The molecule has 1 aromatic rings. The second-order valence-corrected chi connectivity index (χ2v) is 8.32. The molecule has 7 unspecified atom stereocenters. The first kappa shape index (κ1) is 21.0. The van der Waals surface area contributed by atoms with E-state index in [1.807, 2.05) is 6.07 Å². The fraction of sp³-hybridized carbons (Fsp3) is 0.625. The molecule has 2 aliphatic rings. The Morgan fingerprint density at radius 1 is 1.36 bits per heavy atom. The summed E-state index contributed by atoms with van der Waals surface area (Å²) in [6.45, 7) is 0.463. The topological polar surface area (TPSA) is 163 Å². The Bertz CT molecular complexity index is 821. The van der Waals surface area contributed by atoms with E-state index in [0.717, 1.165) is 5.56 Å². The van der Waals surface area contributed by atoms with Crippen LogP contribution in [0.2, 0.25) is 0 Å². The number of carboxylic acids is 1. The highest BCUT2D eigenvalue weighted by Gasteiger charge is 2.59. The van der Waals surface area contributed by atoms with Crippen LogP contribution in [0.25, 0.3) is 0 Å². The third-order valence-corrected chi connectivity index (χ3v) is 5.99. The van der Waals surface area contributed by atoms with Crippen LogP contribution in [0.5, 0.6) is 0 Å². The summed E-state index contributed by atoms with van der Waals surface area (Å²) in [5, 5.41) is 29.8. The summed E-state index contributed by atoms with van der Waals surface area (Å²) >= 11 is 0. The highest BCUT2D eigenvalue weighted by Crippen LogP contribution is 2.43. The van der Waals surface area contributed by atoms with E-state index in [1.54, 1.807) is 25.5 Å². The van der Waals surface area contributed by atoms with E-state index in [0.29, 0.717) is 19.4 Å². The number of rotatable bonds is 5. The van der Waals surface area contributed by atoms with E-state index in [1.165, 1.54) is 0 Å². The minimum Gasteiger partial charge on any atom is -0.479 e. The summed E-state index contributed by atoms with van der Waals surface area (Å²) in [5.41, 5.74) is 0.823. The van der Waals surface area contributed by atoms with Crippen molar-refractivity contribution >= 4 is 16.4 Å². The number of aromatic nitrogens is 1. The van der Waals surface area contributed by atoms with Crippen LogP contribution in [-0.4, -0.2) is 88.0 Å². The lowest BCUT2D eigenvalue weighted by Crippen LogP contribution is -2.69. The van der Waals surface area contributed by atoms with Crippen LogP contribution in [-0.2, 0) is 24.1 Å². The molecule has 2 aliphatic heterocycles. The number of carbonyl (C=O) groups is 1. The molecule has 1 aromatic heterocycles. The number of likely N-dealkylation sites (tertiary alicyclic amines) is 1. The number of hydrogen-bond acceptors (Lipinski definition) is 8. The Labute approximate surface area is 161 Å². The molecule has 2 fully saturated rings. The standard InChI is InChI=1S/C16H22N2O9S/c1-18(7-3-5-10(18)9-4-2-6-17-8-9)15-13(27-28(23,24)25)11(19)12(20)14(26-15)16(21)22/h2,4,6,8,10-15,19-20H,3,5,7H2,1H3,(H-,21,22,23,24,25)/p+1. The molecular formula is C16H23N2O9S+. The number of nitrogens with zero attached hydrogens (tertiary/aromatic N) is 2. The van der Waals surface area contributed by atoms with Crippen LogP contribution >= 0.6 is 0 Å². The van der Waals surface area contributed by atoms with Gasteiger partial charge in [-0.3, -0.25) is 14.0 Å². The molecule has 2 saturated heterocycles. The quantitative estimate of drug-likeness (QED) is 0.347. The van der Waals surface area contributed by atoms with Crippen molar-refractivity contribution < 1.29 is 46.5 Å². The van der Waals surface area contributed by atoms with E-state index in [4.69, 9.17) is 9.29 Å². The molecule has 11 nitrogen and oxygen atoms in total. The third-order valence-electron chi connectivity index (χ3n) is 5.52. The van der Waals surface area contributed by atoms with Gasteiger partial charge >= 0.3 is 16.4 Å². The second-order valence-electron chi connectivity index (χ2n) is 7.27. The Morgan fingerprint density at radius 3 is 2.64 bits per heavy atom. The van der Waals surface area contributed by atoms with Crippen molar-refractivity contribution in [2.24, 2.45) is 0 Å². The maximum absolute atomic E-state index is 11.5. The van der Waals surface area contributed by atoms with E-state index in [9.17, 15) is 28.5 Å². The normalized spacial score (nSPS) is 39.0. The van der Waals surface area contributed by atoms with Gasteiger partial charge in [-0.15, -0.1) is 0 Å². The number of carboxylic acid groups (broad SMARTS) is 1. The van der Waals surface area contributed by atoms with Crippen molar-refractivity contribution in [1.29, 1.82) is 0 Å². The molecule has 0 spiro atoms. The van der Waals surface area contributed by atoms with Crippen molar-refractivity contribution in [1.82, 2.24) is 4.98 Å². The summed E-state index contributed by atoms with van der Waals surface area (Å²) < 4.78 is 42.0. The fourth-order valence-corrected chi connectivity index (χ4v) is 4.72. The summed E-state index contributed by atoms with van der Waals surface area (Å²) in [6.07, 6.45) is -3.98. The Balaban J connectivity index is 2.03. The molecule has 12 heteroatoms. The summed E-state index contributed by atoms with van der Waals surface area (Å²) in [6, 6.07) is 3.33. The number of pyridine rings is 1. The zero-order chi connectivity index (χ0) is 20.7. The van der Waals surface area contributed by atoms with E-state index < -0.39 is 47.0 Å². The van der Waals surface area contributed by atoms with Gasteiger partial charge in [0.05, 0.1) is 13.6 Å². The third kappa shape index (κ3) is 3.89. The van der Waals surface area contributed by atoms with Crippen LogP contribution in [0.4, 0.5) is 0 Å². The monoisotopic (exact) mass is 419 g/mol. The molecule has 28 heavy (non-hydrogen) atoms.